The summed E-state index contributed by atoms with van der Waals surface area (Å²) in [5.74, 6) is -0.501. The fraction of sp³-hybridized carbons (Fsp3) is 0.417. The highest BCUT2D eigenvalue weighted by Crippen LogP contribution is 2.18. The number of carbonyl (C=O) groups excluding carboxylic acids is 1. The van der Waals surface area contributed by atoms with E-state index in [0.717, 1.165) is 5.56 Å². The van der Waals surface area contributed by atoms with E-state index in [4.69, 9.17) is 5.73 Å². The molecule has 100 valence electrons. The summed E-state index contributed by atoms with van der Waals surface area (Å²) in [6.07, 6.45) is -4.57. The number of amides is 1. The fourth-order valence-corrected chi connectivity index (χ4v) is 1.41. The summed E-state index contributed by atoms with van der Waals surface area (Å²) in [4.78, 5) is 11.5. The average Bonchev–Trinajstić information content (AvgIpc) is 2.28. The molecule has 0 saturated carbocycles. The maximum absolute atomic E-state index is 11.9. The summed E-state index contributed by atoms with van der Waals surface area (Å²) in [7, 11) is 0. The summed E-state index contributed by atoms with van der Waals surface area (Å²) in [5.41, 5.74) is 6.71. The Morgan fingerprint density at radius 1 is 1.22 bits per heavy atom. The molecule has 0 atom stereocenters. The molecule has 0 bridgehead atoms. The molecule has 0 fully saturated rings. The van der Waals surface area contributed by atoms with Crippen molar-refractivity contribution in [3.05, 3.63) is 35.4 Å². The van der Waals surface area contributed by atoms with Crippen LogP contribution in [0.25, 0.3) is 0 Å². The molecule has 1 aromatic carbocycles. The van der Waals surface area contributed by atoms with Gasteiger partial charge in [-0.2, -0.15) is 13.2 Å². The van der Waals surface area contributed by atoms with Gasteiger partial charge in [-0.15, -0.1) is 0 Å². The van der Waals surface area contributed by atoms with Gasteiger partial charge in [-0.25, -0.2) is 0 Å². The number of hydrogen-bond acceptors (Lipinski definition) is 2. The zero-order valence-corrected chi connectivity index (χ0v) is 9.76. The Bertz CT molecular complexity index is 387. The minimum absolute atomic E-state index is 0.345. The van der Waals surface area contributed by atoms with Gasteiger partial charge in [0.05, 0.1) is 6.42 Å². The normalized spacial score (nSPS) is 11.3. The third-order valence-corrected chi connectivity index (χ3v) is 2.34. The maximum atomic E-state index is 11.9. The summed E-state index contributed by atoms with van der Waals surface area (Å²) >= 11 is 0. The summed E-state index contributed by atoms with van der Waals surface area (Å²) < 4.78 is 35.6. The van der Waals surface area contributed by atoms with Gasteiger partial charge in [0.1, 0.15) is 0 Å². The Balaban J connectivity index is 2.46. The van der Waals surface area contributed by atoms with Gasteiger partial charge in [0, 0.05) is 12.1 Å². The highest BCUT2D eigenvalue weighted by molar-refractivity contribution is 5.94. The molecule has 6 heteroatoms. The number of nitrogens with two attached hydrogens (primary N) is 1. The predicted molar refractivity (Wildman–Crippen MR) is 62.2 cm³/mol. The molecule has 0 aliphatic carbocycles. The van der Waals surface area contributed by atoms with Crippen LogP contribution in [0.3, 0.4) is 0 Å². The Morgan fingerprint density at radius 3 is 2.33 bits per heavy atom. The largest absolute Gasteiger partial charge is 0.390 e. The molecular weight excluding hydrogens is 245 g/mol. The molecule has 3 nitrogen and oxygen atoms in total. The average molecular weight is 260 g/mol. The lowest BCUT2D eigenvalue weighted by molar-refractivity contribution is -0.132. The van der Waals surface area contributed by atoms with Crippen molar-refractivity contribution in [3.63, 3.8) is 0 Å². The van der Waals surface area contributed by atoms with Crippen LogP contribution in [0, 0.1) is 0 Å². The Kier molecular flexibility index (Phi) is 5.15. The lowest BCUT2D eigenvalue weighted by Crippen LogP contribution is -2.27. The molecule has 0 radical (unpaired) electrons. The van der Waals surface area contributed by atoms with Crippen LogP contribution in [0.5, 0.6) is 0 Å². The number of halogens is 3. The number of carbonyl (C=O) groups is 1. The minimum Gasteiger partial charge on any atom is -0.352 e. The lowest BCUT2D eigenvalue weighted by atomic mass is 10.1. The van der Waals surface area contributed by atoms with Crippen LogP contribution >= 0.6 is 0 Å². The number of nitrogens with one attached hydrogen (secondary N) is 1. The molecule has 0 heterocycles. The van der Waals surface area contributed by atoms with Crippen molar-refractivity contribution in [3.8, 4) is 0 Å². The van der Waals surface area contributed by atoms with E-state index in [9.17, 15) is 18.0 Å². The molecule has 0 aliphatic heterocycles. The quantitative estimate of drug-likeness (QED) is 0.849. The Hall–Kier alpha value is -1.56. The second kappa shape index (κ2) is 6.39. The molecule has 0 aromatic heterocycles. The monoisotopic (exact) mass is 260 g/mol. The minimum atomic E-state index is -4.25. The number of benzene rings is 1. The van der Waals surface area contributed by atoms with Gasteiger partial charge in [0.15, 0.2) is 0 Å². The van der Waals surface area contributed by atoms with Gasteiger partial charge in [-0.1, -0.05) is 12.1 Å². The smallest absolute Gasteiger partial charge is 0.352 e. The highest BCUT2D eigenvalue weighted by atomic mass is 19.4. The molecule has 3 N–H and O–H groups in total. The van der Waals surface area contributed by atoms with E-state index in [1.807, 2.05) is 0 Å². The van der Waals surface area contributed by atoms with Crippen molar-refractivity contribution in [2.45, 2.75) is 19.0 Å². The van der Waals surface area contributed by atoms with Gasteiger partial charge in [0.2, 0.25) is 0 Å². The van der Waals surface area contributed by atoms with Crippen LogP contribution in [0.15, 0.2) is 24.3 Å². The van der Waals surface area contributed by atoms with Crippen molar-refractivity contribution in [1.82, 2.24) is 5.32 Å². The van der Waals surface area contributed by atoms with Crippen LogP contribution in [0.2, 0.25) is 0 Å². The molecule has 0 unspecified atom stereocenters. The van der Waals surface area contributed by atoms with Gasteiger partial charge in [0.25, 0.3) is 5.91 Å². The van der Waals surface area contributed by atoms with Crippen molar-refractivity contribution < 1.29 is 18.0 Å². The molecule has 1 rings (SSSR count). The summed E-state index contributed by atoms with van der Waals surface area (Å²) in [6.45, 7) is 0.101. The first kappa shape index (κ1) is 14.5. The first-order valence-electron chi connectivity index (χ1n) is 5.56. The van der Waals surface area contributed by atoms with E-state index in [0.29, 0.717) is 18.5 Å². The first-order valence-corrected chi connectivity index (χ1v) is 5.56. The Labute approximate surface area is 103 Å². The van der Waals surface area contributed by atoms with Crippen LogP contribution in [-0.2, 0) is 6.42 Å². The van der Waals surface area contributed by atoms with Crippen molar-refractivity contribution in [1.29, 1.82) is 0 Å². The van der Waals surface area contributed by atoms with E-state index in [1.165, 1.54) is 0 Å². The molecule has 18 heavy (non-hydrogen) atoms. The topological polar surface area (TPSA) is 55.1 Å². The second-order valence-corrected chi connectivity index (χ2v) is 3.86. The van der Waals surface area contributed by atoms with E-state index >= 15 is 0 Å². The standard InChI is InChI=1S/C12H15F3N2O/c13-12(14,15)6-8-17-11(18)10-3-1-9(2-4-10)5-7-16/h1-4H,5-8,16H2,(H,17,18). The Morgan fingerprint density at radius 2 is 1.83 bits per heavy atom. The first-order chi connectivity index (χ1) is 8.42. The van der Waals surface area contributed by atoms with E-state index < -0.39 is 25.0 Å². The molecule has 1 aromatic rings. The van der Waals surface area contributed by atoms with Crippen LogP contribution < -0.4 is 11.1 Å². The molecule has 1 amide bonds. The summed E-state index contributed by atoms with van der Waals surface area (Å²) in [6, 6.07) is 6.64. The van der Waals surface area contributed by atoms with E-state index in [2.05, 4.69) is 5.32 Å². The molecular formula is C12H15F3N2O. The number of hydrogen-bond donors (Lipinski definition) is 2. The molecule has 0 spiro atoms. The molecule has 0 aliphatic rings. The van der Waals surface area contributed by atoms with Crippen molar-refractivity contribution in [2.75, 3.05) is 13.1 Å². The van der Waals surface area contributed by atoms with Crippen LogP contribution in [0.4, 0.5) is 13.2 Å². The van der Waals surface area contributed by atoms with Crippen molar-refractivity contribution in [2.24, 2.45) is 5.73 Å². The van der Waals surface area contributed by atoms with Crippen LogP contribution in [0.1, 0.15) is 22.3 Å². The fourth-order valence-electron chi connectivity index (χ4n) is 1.41. The molecule has 0 saturated heterocycles. The SMILES string of the molecule is NCCc1ccc(C(=O)NCCC(F)(F)F)cc1. The third kappa shape index (κ3) is 5.18. The van der Waals surface area contributed by atoms with Gasteiger partial charge in [-0.05, 0) is 30.7 Å². The zero-order valence-electron chi connectivity index (χ0n) is 9.76. The van der Waals surface area contributed by atoms with Gasteiger partial charge in [-0.3, -0.25) is 4.79 Å². The zero-order chi connectivity index (χ0) is 13.6. The lowest BCUT2D eigenvalue weighted by Gasteiger charge is -2.08. The second-order valence-electron chi connectivity index (χ2n) is 3.86. The predicted octanol–water partition coefficient (Wildman–Crippen LogP) is 1.87. The van der Waals surface area contributed by atoms with E-state index in [1.54, 1.807) is 24.3 Å². The maximum Gasteiger partial charge on any atom is 0.390 e. The highest BCUT2D eigenvalue weighted by Gasteiger charge is 2.26. The number of alkyl halides is 3. The van der Waals surface area contributed by atoms with Crippen LogP contribution in [-0.4, -0.2) is 25.2 Å². The van der Waals surface area contributed by atoms with Gasteiger partial charge < -0.3 is 11.1 Å². The third-order valence-electron chi connectivity index (χ3n) is 2.34. The number of rotatable bonds is 5. The van der Waals surface area contributed by atoms with E-state index in [-0.39, 0.29) is 0 Å². The summed E-state index contributed by atoms with van der Waals surface area (Å²) in [5, 5.41) is 2.22. The van der Waals surface area contributed by atoms with Gasteiger partial charge >= 0.3 is 6.18 Å². The van der Waals surface area contributed by atoms with Crippen molar-refractivity contribution >= 4 is 5.91 Å².